The molecule has 16 heavy (non-hydrogen) atoms. The standard InChI is InChI=1S/C10H12O5S/c1-3-8-6-9(16(12,13)14)4-5-10(8)15-7(2)11/h4-6H,3H2,1-2H3,(H,12,13,14). The zero-order valence-electron chi connectivity index (χ0n) is 8.93. The SMILES string of the molecule is CCc1cc(S(=O)(=O)O)ccc1OC(C)=O. The Balaban J connectivity index is 3.22. The third-order valence-corrected chi connectivity index (χ3v) is 2.81. The number of ether oxygens (including phenoxy) is 1. The molecule has 0 saturated heterocycles. The van der Waals surface area contributed by atoms with Gasteiger partial charge in [0.25, 0.3) is 10.1 Å². The van der Waals surface area contributed by atoms with Gasteiger partial charge in [0, 0.05) is 6.92 Å². The van der Waals surface area contributed by atoms with Crippen molar-refractivity contribution in [3.8, 4) is 5.75 Å². The highest BCUT2D eigenvalue weighted by molar-refractivity contribution is 7.85. The van der Waals surface area contributed by atoms with Crippen molar-refractivity contribution in [3.05, 3.63) is 23.8 Å². The normalized spacial score (nSPS) is 11.2. The van der Waals surface area contributed by atoms with Gasteiger partial charge in [0.1, 0.15) is 5.75 Å². The molecule has 0 fully saturated rings. The fourth-order valence-corrected chi connectivity index (χ4v) is 1.78. The van der Waals surface area contributed by atoms with Crippen molar-refractivity contribution in [1.82, 2.24) is 0 Å². The Labute approximate surface area is 93.8 Å². The second-order valence-electron chi connectivity index (χ2n) is 3.19. The highest BCUT2D eigenvalue weighted by Crippen LogP contribution is 2.23. The van der Waals surface area contributed by atoms with Gasteiger partial charge in [-0.2, -0.15) is 8.42 Å². The predicted molar refractivity (Wildman–Crippen MR) is 56.9 cm³/mol. The average molecular weight is 244 g/mol. The molecule has 0 unspecified atom stereocenters. The van der Waals surface area contributed by atoms with Crippen molar-refractivity contribution in [2.45, 2.75) is 25.2 Å². The van der Waals surface area contributed by atoms with E-state index >= 15 is 0 Å². The fraction of sp³-hybridized carbons (Fsp3) is 0.300. The van der Waals surface area contributed by atoms with Crippen LogP contribution in [0.5, 0.6) is 5.75 Å². The first kappa shape index (κ1) is 12.7. The number of carbonyl (C=O) groups is 1. The van der Waals surface area contributed by atoms with Crippen LogP contribution in [-0.2, 0) is 21.3 Å². The van der Waals surface area contributed by atoms with Gasteiger partial charge in [-0.15, -0.1) is 0 Å². The highest BCUT2D eigenvalue weighted by Gasteiger charge is 2.13. The lowest BCUT2D eigenvalue weighted by molar-refractivity contribution is -0.131. The van der Waals surface area contributed by atoms with E-state index in [1.54, 1.807) is 6.92 Å². The van der Waals surface area contributed by atoms with Crippen LogP contribution in [0.4, 0.5) is 0 Å². The van der Waals surface area contributed by atoms with Crippen LogP contribution < -0.4 is 4.74 Å². The van der Waals surface area contributed by atoms with Crippen molar-refractivity contribution < 1.29 is 22.5 Å². The van der Waals surface area contributed by atoms with E-state index in [0.29, 0.717) is 17.7 Å². The zero-order chi connectivity index (χ0) is 12.3. The monoisotopic (exact) mass is 244 g/mol. The molecule has 0 saturated carbocycles. The van der Waals surface area contributed by atoms with E-state index in [0.717, 1.165) is 0 Å². The minimum atomic E-state index is -4.22. The molecule has 1 aromatic carbocycles. The van der Waals surface area contributed by atoms with Gasteiger partial charge in [-0.25, -0.2) is 0 Å². The summed E-state index contributed by atoms with van der Waals surface area (Å²) in [5.41, 5.74) is 0.547. The average Bonchev–Trinajstić information content (AvgIpc) is 2.15. The molecule has 5 nitrogen and oxygen atoms in total. The number of hydrogen-bond acceptors (Lipinski definition) is 4. The van der Waals surface area contributed by atoms with E-state index < -0.39 is 16.1 Å². The van der Waals surface area contributed by atoms with E-state index in [2.05, 4.69) is 0 Å². The maximum atomic E-state index is 10.9. The number of carbonyl (C=O) groups excluding carboxylic acids is 1. The first-order valence-corrected chi connectivity index (χ1v) is 6.07. The second kappa shape index (κ2) is 4.63. The number of rotatable bonds is 3. The predicted octanol–water partition coefficient (Wildman–Crippen LogP) is 1.42. The molecule has 0 aliphatic rings. The van der Waals surface area contributed by atoms with Crippen molar-refractivity contribution in [1.29, 1.82) is 0 Å². The zero-order valence-corrected chi connectivity index (χ0v) is 9.74. The third-order valence-electron chi connectivity index (χ3n) is 1.96. The van der Waals surface area contributed by atoms with Gasteiger partial charge in [-0.3, -0.25) is 9.35 Å². The molecule has 0 aromatic heterocycles. The molecule has 0 bridgehead atoms. The van der Waals surface area contributed by atoms with Crippen LogP contribution in [0.1, 0.15) is 19.4 Å². The Bertz CT molecular complexity index is 504. The summed E-state index contributed by atoms with van der Waals surface area (Å²) in [4.78, 5) is 10.6. The van der Waals surface area contributed by atoms with Crippen LogP contribution in [0.3, 0.4) is 0 Å². The number of hydrogen-bond donors (Lipinski definition) is 1. The molecule has 0 radical (unpaired) electrons. The smallest absolute Gasteiger partial charge is 0.308 e. The maximum Gasteiger partial charge on any atom is 0.308 e. The third kappa shape index (κ3) is 3.04. The van der Waals surface area contributed by atoms with Gasteiger partial charge in [0.2, 0.25) is 0 Å². The van der Waals surface area contributed by atoms with E-state index in [-0.39, 0.29) is 4.90 Å². The summed E-state index contributed by atoms with van der Waals surface area (Å²) in [6.07, 6.45) is 0.492. The number of benzene rings is 1. The lowest BCUT2D eigenvalue weighted by Gasteiger charge is -2.08. The summed E-state index contributed by atoms with van der Waals surface area (Å²) in [6.45, 7) is 3.05. The van der Waals surface area contributed by atoms with E-state index in [1.807, 2.05) is 0 Å². The van der Waals surface area contributed by atoms with E-state index in [9.17, 15) is 13.2 Å². The molecule has 0 amide bonds. The molecule has 1 rings (SSSR count). The van der Waals surface area contributed by atoms with Crippen molar-refractivity contribution >= 4 is 16.1 Å². The summed E-state index contributed by atoms with van der Waals surface area (Å²) in [5, 5.41) is 0. The molecule has 1 aromatic rings. The Morgan fingerprint density at radius 3 is 2.50 bits per heavy atom. The lowest BCUT2D eigenvalue weighted by Crippen LogP contribution is -2.05. The Morgan fingerprint density at radius 1 is 1.44 bits per heavy atom. The van der Waals surface area contributed by atoms with Crippen molar-refractivity contribution in [3.63, 3.8) is 0 Å². The molecule has 0 aliphatic carbocycles. The van der Waals surface area contributed by atoms with E-state index in [4.69, 9.17) is 9.29 Å². The van der Waals surface area contributed by atoms with Crippen LogP contribution >= 0.6 is 0 Å². The summed E-state index contributed by atoms with van der Waals surface area (Å²) in [5.74, 6) is -0.170. The molecular formula is C10H12O5S. The molecule has 0 atom stereocenters. The largest absolute Gasteiger partial charge is 0.426 e. The summed E-state index contributed by atoms with van der Waals surface area (Å²) >= 11 is 0. The van der Waals surface area contributed by atoms with Crippen molar-refractivity contribution in [2.24, 2.45) is 0 Å². The molecule has 88 valence electrons. The van der Waals surface area contributed by atoms with Gasteiger partial charge in [0.05, 0.1) is 4.90 Å². The lowest BCUT2D eigenvalue weighted by atomic mass is 10.1. The fourth-order valence-electron chi connectivity index (χ4n) is 1.25. The second-order valence-corrected chi connectivity index (χ2v) is 4.61. The Hall–Kier alpha value is -1.40. The molecular weight excluding hydrogens is 232 g/mol. The summed E-state index contributed by atoms with van der Waals surface area (Å²) in [6, 6.07) is 3.82. The van der Waals surface area contributed by atoms with Crippen LogP contribution in [0, 0.1) is 0 Å². The van der Waals surface area contributed by atoms with Crippen LogP contribution in [0.2, 0.25) is 0 Å². The van der Waals surface area contributed by atoms with Crippen LogP contribution in [0.15, 0.2) is 23.1 Å². The van der Waals surface area contributed by atoms with Gasteiger partial charge in [0.15, 0.2) is 0 Å². The topological polar surface area (TPSA) is 80.7 Å². The summed E-state index contributed by atoms with van der Waals surface area (Å²) < 4.78 is 35.5. The Morgan fingerprint density at radius 2 is 2.06 bits per heavy atom. The molecule has 0 heterocycles. The minimum absolute atomic E-state index is 0.208. The van der Waals surface area contributed by atoms with Crippen molar-refractivity contribution in [2.75, 3.05) is 0 Å². The number of esters is 1. The van der Waals surface area contributed by atoms with Crippen LogP contribution in [-0.4, -0.2) is 18.9 Å². The molecule has 1 N–H and O–H groups in total. The molecule has 6 heteroatoms. The Kier molecular flexibility index (Phi) is 3.66. The summed E-state index contributed by atoms with van der Waals surface area (Å²) in [7, 11) is -4.22. The molecule has 0 aliphatic heterocycles. The first-order chi connectivity index (χ1) is 7.34. The van der Waals surface area contributed by atoms with Gasteiger partial charge in [-0.1, -0.05) is 6.92 Å². The highest BCUT2D eigenvalue weighted by atomic mass is 32.2. The van der Waals surface area contributed by atoms with Gasteiger partial charge < -0.3 is 4.74 Å². The van der Waals surface area contributed by atoms with E-state index in [1.165, 1.54) is 25.1 Å². The maximum absolute atomic E-state index is 10.9. The first-order valence-electron chi connectivity index (χ1n) is 4.63. The van der Waals surface area contributed by atoms with Gasteiger partial charge >= 0.3 is 5.97 Å². The number of aryl methyl sites for hydroxylation is 1. The minimum Gasteiger partial charge on any atom is -0.426 e. The van der Waals surface area contributed by atoms with Crippen LogP contribution in [0.25, 0.3) is 0 Å². The van der Waals surface area contributed by atoms with Gasteiger partial charge in [-0.05, 0) is 30.2 Å². The quantitative estimate of drug-likeness (QED) is 0.494. The molecule has 0 spiro atoms.